The fourth-order valence-electron chi connectivity index (χ4n) is 3.14. The van der Waals surface area contributed by atoms with E-state index in [0.717, 1.165) is 30.7 Å². The Morgan fingerprint density at radius 1 is 1.18 bits per heavy atom. The number of hydrogen-bond donors (Lipinski definition) is 3. The number of β-amino-alcohol motifs (C(OH)–C–C–N with tert-alkyl or cyclic N) is 1. The van der Waals surface area contributed by atoms with Crippen molar-refractivity contribution in [3.8, 4) is 5.75 Å². The Balaban J connectivity index is 1.58. The summed E-state index contributed by atoms with van der Waals surface area (Å²) in [7, 11) is 0. The molecule has 0 saturated carbocycles. The largest absolute Gasteiger partial charge is 0.506 e. The lowest BCUT2D eigenvalue weighted by atomic mass is 10.3. The molecule has 0 atom stereocenters. The van der Waals surface area contributed by atoms with Crippen molar-refractivity contribution in [2.45, 2.75) is 6.54 Å². The second kappa shape index (κ2) is 8.25. The van der Waals surface area contributed by atoms with Crippen LogP contribution in [-0.4, -0.2) is 79.0 Å². The van der Waals surface area contributed by atoms with Crippen LogP contribution in [0.5, 0.6) is 5.75 Å². The van der Waals surface area contributed by atoms with Gasteiger partial charge in [0.15, 0.2) is 5.65 Å². The van der Waals surface area contributed by atoms with Crippen LogP contribution in [0.4, 0.5) is 11.9 Å². The van der Waals surface area contributed by atoms with E-state index in [0.29, 0.717) is 36.3 Å². The van der Waals surface area contributed by atoms with Crippen molar-refractivity contribution in [1.82, 2.24) is 29.5 Å². The van der Waals surface area contributed by atoms with Gasteiger partial charge in [-0.25, -0.2) is 0 Å². The maximum atomic E-state index is 9.94. The average molecular weight is 449 g/mol. The third-order valence-electron chi connectivity index (χ3n) is 4.66. The summed E-state index contributed by atoms with van der Waals surface area (Å²) in [4.78, 5) is 17.8. The van der Waals surface area contributed by atoms with Crippen LogP contribution in [-0.2, 0) is 6.54 Å². The molecule has 0 amide bonds. The number of piperazine rings is 1. The molecule has 0 aromatic carbocycles. The SMILES string of the molecule is OCCN1CCN(c2nc(NCc3ncccc3O)n3ncc(Br)c3n2)CC1. The van der Waals surface area contributed by atoms with Crippen LogP contribution in [0.3, 0.4) is 0 Å². The van der Waals surface area contributed by atoms with Crippen LogP contribution < -0.4 is 10.2 Å². The zero-order valence-corrected chi connectivity index (χ0v) is 16.7. The van der Waals surface area contributed by atoms with Crippen molar-refractivity contribution >= 4 is 33.5 Å². The first-order valence-electron chi connectivity index (χ1n) is 9.02. The van der Waals surface area contributed by atoms with Gasteiger partial charge in [-0.15, -0.1) is 0 Å². The number of aromatic hydroxyl groups is 1. The second-order valence-electron chi connectivity index (χ2n) is 6.45. The van der Waals surface area contributed by atoms with Crippen LogP contribution in [0.25, 0.3) is 5.65 Å². The molecule has 3 aromatic rings. The first-order chi connectivity index (χ1) is 13.7. The predicted octanol–water partition coefficient (Wildman–Crippen LogP) is 0.714. The molecule has 0 spiro atoms. The molecule has 1 saturated heterocycles. The van der Waals surface area contributed by atoms with Gasteiger partial charge in [-0.05, 0) is 28.1 Å². The highest BCUT2D eigenvalue weighted by Crippen LogP contribution is 2.23. The smallest absolute Gasteiger partial charge is 0.230 e. The Kier molecular flexibility index (Phi) is 5.55. The first kappa shape index (κ1) is 18.8. The molecule has 3 N–H and O–H groups in total. The third-order valence-corrected chi connectivity index (χ3v) is 5.22. The van der Waals surface area contributed by atoms with Gasteiger partial charge in [0.05, 0.1) is 23.8 Å². The fraction of sp³-hybridized carbons (Fsp3) is 0.412. The highest BCUT2D eigenvalue weighted by molar-refractivity contribution is 9.10. The number of hydrogen-bond acceptors (Lipinski definition) is 9. The predicted molar refractivity (Wildman–Crippen MR) is 107 cm³/mol. The van der Waals surface area contributed by atoms with E-state index in [1.807, 2.05) is 0 Å². The molecule has 0 unspecified atom stereocenters. The number of rotatable bonds is 6. The van der Waals surface area contributed by atoms with Crippen molar-refractivity contribution < 1.29 is 10.2 Å². The Morgan fingerprint density at radius 2 is 2.00 bits per heavy atom. The fourth-order valence-corrected chi connectivity index (χ4v) is 3.48. The quantitative estimate of drug-likeness (QED) is 0.501. The van der Waals surface area contributed by atoms with E-state index >= 15 is 0 Å². The zero-order valence-electron chi connectivity index (χ0n) is 15.2. The second-order valence-corrected chi connectivity index (χ2v) is 7.30. The van der Waals surface area contributed by atoms with Crippen LogP contribution in [0.15, 0.2) is 29.0 Å². The molecule has 1 aliphatic heterocycles. The van der Waals surface area contributed by atoms with Crippen molar-refractivity contribution in [3.05, 3.63) is 34.7 Å². The van der Waals surface area contributed by atoms with Crippen LogP contribution in [0, 0.1) is 0 Å². The lowest BCUT2D eigenvalue weighted by Crippen LogP contribution is -2.47. The molecule has 10 nitrogen and oxygen atoms in total. The summed E-state index contributed by atoms with van der Waals surface area (Å²) in [5.74, 6) is 1.26. The number of aromatic nitrogens is 5. The molecular weight excluding hydrogens is 428 g/mol. The zero-order chi connectivity index (χ0) is 19.5. The number of aliphatic hydroxyl groups excluding tert-OH is 1. The topological polar surface area (TPSA) is 115 Å². The standard InChI is InChI=1S/C17H21BrN8O2/c18-12-10-21-26-15(12)22-17(25-6-4-24(5-7-25)8-9-27)23-16(26)20-11-13-14(28)2-1-3-19-13/h1-3,10,27-28H,4-9,11H2,(H,20,22,23). The highest BCUT2D eigenvalue weighted by atomic mass is 79.9. The first-order valence-corrected chi connectivity index (χ1v) is 9.81. The number of fused-ring (bicyclic) bond motifs is 1. The number of aliphatic hydroxyl groups is 1. The third kappa shape index (κ3) is 3.86. The maximum Gasteiger partial charge on any atom is 0.230 e. The van der Waals surface area contributed by atoms with Gasteiger partial charge in [-0.2, -0.15) is 19.6 Å². The molecule has 11 heteroatoms. The molecule has 0 radical (unpaired) electrons. The summed E-state index contributed by atoms with van der Waals surface area (Å²) in [5.41, 5.74) is 1.19. The van der Waals surface area contributed by atoms with E-state index in [2.05, 4.69) is 51.1 Å². The Bertz CT molecular complexity index is 957. The van der Waals surface area contributed by atoms with E-state index < -0.39 is 0 Å². The minimum atomic E-state index is 0.127. The van der Waals surface area contributed by atoms with Gasteiger partial charge in [-0.1, -0.05) is 0 Å². The van der Waals surface area contributed by atoms with Crippen molar-refractivity contribution in [2.75, 3.05) is 49.5 Å². The normalized spacial score (nSPS) is 15.3. The molecule has 0 aliphatic carbocycles. The molecule has 148 valence electrons. The van der Waals surface area contributed by atoms with E-state index in [4.69, 9.17) is 5.11 Å². The van der Waals surface area contributed by atoms with Gasteiger partial charge in [0, 0.05) is 38.9 Å². The summed E-state index contributed by atoms with van der Waals surface area (Å²) in [6, 6.07) is 3.28. The maximum absolute atomic E-state index is 9.94. The van der Waals surface area contributed by atoms with E-state index in [1.54, 1.807) is 29.0 Å². The van der Waals surface area contributed by atoms with E-state index in [-0.39, 0.29) is 12.4 Å². The number of pyridine rings is 1. The monoisotopic (exact) mass is 448 g/mol. The van der Waals surface area contributed by atoms with Gasteiger partial charge in [0.25, 0.3) is 0 Å². The number of nitrogens with one attached hydrogen (secondary N) is 1. The summed E-state index contributed by atoms with van der Waals surface area (Å²) >= 11 is 3.49. The summed E-state index contributed by atoms with van der Waals surface area (Å²) in [6.45, 7) is 4.41. The molecule has 4 rings (SSSR count). The van der Waals surface area contributed by atoms with Crippen molar-refractivity contribution in [3.63, 3.8) is 0 Å². The Morgan fingerprint density at radius 3 is 2.75 bits per heavy atom. The van der Waals surface area contributed by atoms with Crippen molar-refractivity contribution in [2.24, 2.45) is 0 Å². The average Bonchev–Trinajstić information content (AvgIpc) is 3.09. The minimum Gasteiger partial charge on any atom is -0.506 e. The van der Waals surface area contributed by atoms with Gasteiger partial charge in [-0.3, -0.25) is 9.88 Å². The Hall–Kier alpha value is -2.50. The molecule has 3 aromatic heterocycles. The number of halogens is 1. The number of anilines is 2. The lowest BCUT2D eigenvalue weighted by Gasteiger charge is -2.34. The lowest BCUT2D eigenvalue weighted by molar-refractivity contribution is 0.188. The van der Waals surface area contributed by atoms with Crippen LogP contribution >= 0.6 is 15.9 Å². The van der Waals surface area contributed by atoms with E-state index in [9.17, 15) is 5.11 Å². The Labute approximate surface area is 170 Å². The van der Waals surface area contributed by atoms with Gasteiger partial charge < -0.3 is 20.4 Å². The summed E-state index contributed by atoms with van der Waals surface area (Å²) < 4.78 is 2.40. The van der Waals surface area contributed by atoms with E-state index in [1.165, 1.54) is 0 Å². The summed E-state index contributed by atoms with van der Waals surface area (Å²) in [6.07, 6.45) is 3.31. The highest BCUT2D eigenvalue weighted by Gasteiger charge is 2.21. The summed E-state index contributed by atoms with van der Waals surface area (Å²) in [5, 5.41) is 26.6. The molecule has 1 fully saturated rings. The number of nitrogens with zero attached hydrogens (tertiary/aromatic N) is 7. The van der Waals surface area contributed by atoms with Gasteiger partial charge in [0.2, 0.25) is 11.9 Å². The molecule has 1 aliphatic rings. The molecular formula is C17H21BrN8O2. The molecule has 4 heterocycles. The van der Waals surface area contributed by atoms with Crippen LogP contribution in [0.2, 0.25) is 0 Å². The minimum absolute atomic E-state index is 0.127. The van der Waals surface area contributed by atoms with Gasteiger partial charge >= 0.3 is 0 Å². The molecule has 28 heavy (non-hydrogen) atoms. The van der Waals surface area contributed by atoms with Crippen LogP contribution in [0.1, 0.15) is 5.69 Å². The molecule has 0 bridgehead atoms. The van der Waals surface area contributed by atoms with Crippen molar-refractivity contribution in [1.29, 1.82) is 0 Å². The van der Waals surface area contributed by atoms with Gasteiger partial charge in [0.1, 0.15) is 11.4 Å².